The van der Waals surface area contributed by atoms with Gasteiger partial charge in [-0.2, -0.15) is 4.73 Å². The molecule has 0 aliphatic rings. The molecular formula is C9H13NO2. The SMILES string of the molecule is CCc1c(C)cc(=O)n(O)c1C. The molecule has 0 fully saturated rings. The summed E-state index contributed by atoms with van der Waals surface area (Å²) in [6.07, 6.45) is 0.832. The number of hydrogen-bond donors (Lipinski definition) is 1. The molecule has 0 amide bonds. The minimum atomic E-state index is -0.359. The molecule has 1 heterocycles. The zero-order valence-corrected chi connectivity index (χ0v) is 7.59. The normalized spacial score (nSPS) is 10.2. The third-order valence-electron chi connectivity index (χ3n) is 2.13. The summed E-state index contributed by atoms with van der Waals surface area (Å²) in [5.41, 5.74) is 2.27. The van der Waals surface area contributed by atoms with Crippen molar-refractivity contribution in [3.63, 3.8) is 0 Å². The highest BCUT2D eigenvalue weighted by atomic mass is 16.5. The van der Waals surface area contributed by atoms with Gasteiger partial charge in [0.05, 0.1) is 5.69 Å². The van der Waals surface area contributed by atoms with Crippen molar-refractivity contribution in [1.82, 2.24) is 4.73 Å². The Morgan fingerprint density at radius 3 is 2.58 bits per heavy atom. The lowest BCUT2D eigenvalue weighted by Gasteiger charge is -2.09. The van der Waals surface area contributed by atoms with Gasteiger partial charge >= 0.3 is 0 Å². The Labute approximate surface area is 71.2 Å². The van der Waals surface area contributed by atoms with Crippen LogP contribution in [0.15, 0.2) is 10.9 Å². The average molecular weight is 167 g/mol. The second-order valence-corrected chi connectivity index (χ2v) is 2.89. The molecule has 3 heteroatoms. The summed E-state index contributed by atoms with van der Waals surface area (Å²) in [5, 5.41) is 9.25. The molecule has 12 heavy (non-hydrogen) atoms. The second kappa shape index (κ2) is 3.01. The zero-order valence-electron chi connectivity index (χ0n) is 7.59. The number of aryl methyl sites for hydroxylation is 1. The average Bonchev–Trinajstić information content (AvgIpc) is 2.01. The molecule has 1 rings (SSSR count). The number of aromatic nitrogens is 1. The fourth-order valence-electron chi connectivity index (χ4n) is 1.45. The molecule has 0 aliphatic carbocycles. The van der Waals surface area contributed by atoms with Crippen LogP contribution in [0.2, 0.25) is 0 Å². The van der Waals surface area contributed by atoms with E-state index in [1.165, 1.54) is 6.07 Å². The van der Waals surface area contributed by atoms with Crippen molar-refractivity contribution < 1.29 is 5.21 Å². The first kappa shape index (κ1) is 8.84. The summed E-state index contributed by atoms with van der Waals surface area (Å²) in [6.45, 7) is 5.63. The molecule has 0 atom stereocenters. The van der Waals surface area contributed by atoms with Crippen molar-refractivity contribution in [2.75, 3.05) is 0 Å². The van der Waals surface area contributed by atoms with E-state index >= 15 is 0 Å². The lowest BCUT2D eigenvalue weighted by molar-refractivity contribution is 0.167. The fraction of sp³-hybridized carbons (Fsp3) is 0.444. The van der Waals surface area contributed by atoms with E-state index in [1.54, 1.807) is 6.92 Å². The Hall–Kier alpha value is -1.25. The molecule has 0 saturated heterocycles. The highest BCUT2D eigenvalue weighted by Gasteiger charge is 2.06. The molecule has 1 aromatic rings. The van der Waals surface area contributed by atoms with Crippen molar-refractivity contribution in [3.05, 3.63) is 33.2 Å². The van der Waals surface area contributed by atoms with E-state index in [4.69, 9.17) is 0 Å². The van der Waals surface area contributed by atoms with Crippen LogP contribution in [0.5, 0.6) is 0 Å². The van der Waals surface area contributed by atoms with Crippen LogP contribution in [0.25, 0.3) is 0 Å². The van der Waals surface area contributed by atoms with Gasteiger partial charge in [0.15, 0.2) is 0 Å². The molecule has 1 N–H and O–H groups in total. The Morgan fingerprint density at radius 1 is 1.50 bits per heavy atom. The molecule has 0 aromatic carbocycles. The van der Waals surface area contributed by atoms with Crippen LogP contribution in [0, 0.1) is 13.8 Å². The van der Waals surface area contributed by atoms with E-state index in [0.717, 1.165) is 17.5 Å². The largest absolute Gasteiger partial charge is 0.425 e. The van der Waals surface area contributed by atoms with Gasteiger partial charge in [-0.25, -0.2) is 0 Å². The molecule has 66 valence electrons. The minimum absolute atomic E-state index is 0.359. The third-order valence-corrected chi connectivity index (χ3v) is 2.13. The maximum absolute atomic E-state index is 11.0. The van der Waals surface area contributed by atoms with Gasteiger partial charge in [-0.15, -0.1) is 0 Å². The lowest BCUT2D eigenvalue weighted by Crippen LogP contribution is -2.21. The van der Waals surface area contributed by atoms with Crippen LogP contribution in [-0.2, 0) is 6.42 Å². The molecule has 3 nitrogen and oxygen atoms in total. The first-order valence-corrected chi connectivity index (χ1v) is 3.99. The third kappa shape index (κ3) is 1.22. The summed E-state index contributed by atoms with van der Waals surface area (Å²) in [5.74, 6) is 0. The summed E-state index contributed by atoms with van der Waals surface area (Å²) in [7, 11) is 0. The summed E-state index contributed by atoms with van der Waals surface area (Å²) in [4.78, 5) is 11.0. The quantitative estimate of drug-likeness (QED) is 0.640. The van der Waals surface area contributed by atoms with Crippen LogP contribution >= 0.6 is 0 Å². The molecule has 1 aromatic heterocycles. The molecule has 0 radical (unpaired) electrons. The Morgan fingerprint density at radius 2 is 2.08 bits per heavy atom. The highest BCUT2D eigenvalue weighted by Crippen LogP contribution is 2.09. The van der Waals surface area contributed by atoms with E-state index in [0.29, 0.717) is 10.4 Å². The predicted octanol–water partition coefficient (Wildman–Crippen LogP) is 1.26. The van der Waals surface area contributed by atoms with E-state index in [2.05, 4.69) is 0 Å². The van der Waals surface area contributed by atoms with Crippen molar-refractivity contribution in [1.29, 1.82) is 0 Å². The first-order chi connectivity index (χ1) is 5.57. The van der Waals surface area contributed by atoms with Crippen LogP contribution in [-0.4, -0.2) is 9.94 Å². The number of hydrogen-bond acceptors (Lipinski definition) is 2. The number of rotatable bonds is 1. The summed E-state index contributed by atoms with van der Waals surface area (Å²) < 4.78 is 0.700. The zero-order chi connectivity index (χ0) is 9.30. The predicted molar refractivity (Wildman–Crippen MR) is 46.7 cm³/mol. The van der Waals surface area contributed by atoms with E-state index in [-0.39, 0.29) is 5.56 Å². The van der Waals surface area contributed by atoms with Gasteiger partial charge in [0.2, 0.25) is 0 Å². The molecular weight excluding hydrogens is 154 g/mol. The Bertz CT molecular complexity index is 352. The van der Waals surface area contributed by atoms with Crippen molar-refractivity contribution in [3.8, 4) is 0 Å². The Kier molecular flexibility index (Phi) is 2.22. The maximum Gasteiger partial charge on any atom is 0.283 e. The van der Waals surface area contributed by atoms with Crippen molar-refractivity contribution in [2.24, 2.45) is 0 Å². The van der Waals surface area contributed by atoms with E-state index in [9.17, 15) is 10.0 Å². The number of pyridine rings is 1. The van der Waals surface area contributed by atoms with Gasteiger partial charge in [0, 0.05) is 6.07 Å². The van der Waals surface area contributed by atoms with Gasteiger partial charge in [-0.3, -0.25) is 4.79 Å². The molecule has 0 spiro atoms. The van der Waals surface area contributed by atoms with Crippen LogP contribution in [0.1, 0.15) is 23.7 Å². The van der Waals surface area contributed by atoms with Gasteiger partial charge in [0.1, 0.15) is 0 Å². The van der Waals surface area contributed by atoms with Crippen LogP contribution in [0.4, 0.5) is 0 Å². The van der Waals surface area contributed by atoms with Crippen LogP contribution < -0.4 is 5.56 Å². The molecule has 0 aliphatic heterocycles. The van der Waals surface area contributed by atoms with Gasteiger partial charge in [-0.1, -0.05) is 6.92 Å². The minimum Gasteiger partial charge on any atom is -0.425 e. The smallest absolute Gasteiger partial charge is 0.283 e. The maximum atomic E-state index is 11.0. The number of nitrogens with zero attached hydrogens (tertiary/aromatic N) is 1. The van der Waals surface area contributed by atoms with E-state index in [1.807, 2.05) is 13.8 Å². The topological polar surface area (TPSA) is 42.2 Å². The Balaban J connectivity index is 3.51. The van der Waals surface area contributed by atoms with E-state index < -0.39 is 0 Å². The molecule has 0 unspecified atom stereocenters. The monoisotopic (exact) mass is 167 g/mol. The van der Waals surface area contributed by atoms with Crippen molar-refractivity contribution >= 4 is 0 Å². The standard InChI is InChI=1S/C9H13NO2/c1-4-8-6(2)5-9(11)10(12)7(8)3/h5,12H,4H2,1-3H3. The molecule has 0 bridgehead atoms. The van der Waals surface area contributed by atoms with Crippen molar-refractivity contribution in [2.45, 2.75) is 27.2 Å². The lowest BCUT2D eigenvalue weighted by atomic mass is 10.1. The van der Waals surface area contributed by atoms with Crippen LogP contribution in [0.3, 0.4) is 0 Å². The summed E-state index contributed by atoms with van der Waals surface area (Å²) in [6, 6.07) is 1.45. The fourth-order valence-corrected chi connectivity index (χ4v) is 1.45. The highest BCUT2D eigenvalue weighted by molar-refractivity contribution is 5.28. The first-order valence-electron chi connectivity index (χ1n) is 3.99. The van der Waals surface area contributed by atoms with Gasteiger partial charge < -0.3 is 5.21 Å². The second-order valence-electron chi connectivity index (χ2n) is 2.89. The molecule has 0 saturated carbocycles. The van der Waals surface area contributed by atoms with Gasteiger partial charge in [0.25, 0.3) is 5.56 Å². The van der Waals surface area contributed by atoms with Gasteiger partial charge in [-0.05, 0) is 31.4 Å². The summed E-state index contributed by atoms with van der Waals surface area (Å²) >= 11 is 0.